The van der Waals surface area contributed by atoms with Gasteiger partial charge in [0.1, 0.15) is 5.82 Å². The minimum atomic E-state index is -0.0573. The van der Waals surface area contributed by atoms with Crippen molar-refractivity contribution in [3.8, 4) is 11.8 Å². The summed E-state index contributed by atoms with van der Waals surface area (Å²) in [4.78, 5) is 16.4. The van der Waals surface area contributed by atoms with Crippen molar-refractivity contribution in [1.29, 1.82) is 0 Å². The highest BCUT2D eigenvalue weighted by Crippen LogP contribution is 2.09. The molecule has 0 amide bonds. The second-order valence-corrected chi connectivity index (χ2v) is 4.80. The smallest absolute Gasteiger partial charge is 0.254 e. The Kier molecular flexibility index (Phi) is 4.91. The molecule has 0 saturated heterocycles. The zero-order valence-corrected chi connectivity index (χ0v) is 12.3. The average molecular weight is 282 g/mol. The molecule has 4 heteroatoms. The van der Waals surface area contributed by atoms with Crippen molar-refractivity contribution < 1.29 is 5.11 Å². The van der Waals surface area contributed by atoms with Gasteiger partial charge in [-0.2, -0.15) is 0 Å². The molecule has 0 spiro atoms. The van der Waals surface area contributed by atoms with Crippen LogP contribution in [0.25, 0.3) is 0 Å². The van der Waals surface area contributed by atoms with Crippen molar-refractivity contribution >= 4 is 0 Å². The first-order valence-corrected chi connectivity index (χ1v) is 6.84. The predicted molar refractivity (Wildman–Crippen MR) is 82.1 cm³/mol. The Hall–Kier alpha value is -2.38. The van der Waals surface area contributed by atoms with E-state index in [1.165, 1.54) is 6.07 Å². The van der Waals surface area contributed by atoms with Crippen LogP contribution in [0.3, 0.4) is 0 Å². The topological polar surface area (TPSA) is 55.1 Å². The second-order valence-electron chi connectivity index (χ2n) is 4.80. The van der Waals surface area contributed by atoms with Crippen molar-refractivity contribution in [2.45, 2.75) is 26.8 Å². The Bertz CT molecular complexity index is 751. The van der Waals surface area contributed by atoms with Crippen molar-refractivity contribution in [1.82, 2.24) is 9.55 Å². The maximum absolute atomic E-state index is 12.1. The number of hydrogen-bond acceptors (Lipinski definition) is 3. The van der Waals surface area contributed by atoms with Crippen LogP contribution in [0.15, 0.2) is 35.1 Å². The van der Waals surface area contributed by atoms with Crippen LogP contribution in [-0.2, 0) is 6.54 Å². The second kappa shape index (κ2) is 6.87. The maximum atomic E-state index is 12.1. The number of nitrogens with zero attached hydrogens (tertiary/aromatic N) is 2. The van der Waals surface area contributed by atoms with E-state index in [0.29, 0.717) is 18.8 Å². The predicted octanol–water partition coefficient (Wildman–Crippen LogP) is 1.64. The Morgan fingerprint density at radius 1 is 1.29 bits per heavy atom. The highest BCUT2D eigenvalue weighted by Gasteiger charge is 2.06. The molecule has 1 heterocycles. The summed E-state index contributed by atoms with van der Waals surface area (Å²) in [5.41, 5.74) is 2.51. The molecule has 1 N–H and O–H groups in total. The van der Waals surface area contributed by atoms with E-state index >= 15 is 0 Å². The van der Waals surface area contributed by atoms with Gasteiger partial charge < -0.3 is 5.11 Å². The van der Waals surface area contributed by atoms with Gasteiger partial charge in [0.2, 0.25) is 0 Å². The first kappa shape index (κ1) is 15.0. The van der Waals surface area contributed by atoms with Crippen LogP contribution in [0.5, 0.6) is 0 Å². The van der Waals surface area contributed by atoms with E-state index in [1.54, 1.807) is 4.57 Å². The molecule has 1 aromatic carbocycles. The van der Waals surface area contributed by atoms with Crippen LogP contribution in [-0.4, -0.2) is 21.3 Å². The highest BCUT2D eigenvalue weighted by atomic mass is 16.2. The molecule has 0 fully saturated rings. The SMILES string of the molecule is Cc1cc(=O)n(Cc2ccccc2C#CCCO)c(C)n1. The lowest BCUT2D eigenvalue weighted by molar-refractivity contribution is 0.305. The quantitative estimate of drug-likeness (QED) is 0.871. The molecular weight excluding hydrogens is 264 g/mol. The summed E-state index contributed by atoms with van der Waals surface area (Å²) in [7, 11) is 0. The van der Waals surface area contributed by atoms with E-state index in [2.05, 4.69) is 16.8 Å². The number of aryl methyl sites for hydroxylation is 2. The van der Waals surface area contributed by atoms with Gasteiger partial charge in [0, 0.05) is 23.7 Å². The summed E-state index contributed by atoms with van der Waals surface area (Å²) in [6, 6.07) is 9.24. The molecule has 0 saturated carbocycles. The van der Waals surface area contributed by atoms with Gasteiger partial charge in [0.15, 0.2) is 0 Å². The molecule has 0 atom stereocenters. The van der Waals surface area contributed by atoms with E-state index < -0.39 is 0 Å². The highest BCUT2D eigenvalue weighted by molar-refractivity contribution is 5.41. The largest absolute Gasteiger partial charge is 0.395 e. The fourth-order valence-corrected chi connectivity index (χ4v) is 2.12. The van der Waals surface area contributed by atoms with Crippen LogP contribution in [0.2, 0.25) is 0 Å². The van der Waals surface area contributed by atoms with Crippen molar-refractivity contribution in [2.24, 2.45) is 0 Å². The molecule has 1 aromatic heterocycles. The van der Waals surface area contributed by atoms with Gasteiger partial charge in [0.05, 0.1) is 13.2 Å². The molecule has 0 aliphatic heterocycles. The fraction of sp³-hybridized carbons (Fsp3) is 0.294. The molecule has 108 valence electrons. The van der Waals surface area contributed by atoms with E-state index in [0.717, 1.165) is 16.8 Å². The number of aliphatic hydroxyl groups is 1. The van der Waals surface area contributed by atoms with Gasteiger partial charge in [-0.1, -0.05) is 30.0 Å². The van der Waals surface area contributed by atoms with Crippen LogP contribution in [0, 0.1) is 25.7 Å². The Morgan fingerprint density at radius 3 is 2.76 bits per heavy atom. The number of aliphatic hydroxyl groups excluding tert-OH is 1. The Balaban J connectivity index is 2.37. The lowest BCUT2D eigenvalue weighted by Gasteiger charge is -2.11. The molecule has 4 nitrogen and oxygen atoms in total. The summed E-state index contributed by atoms with van der Waals surface area (Å²) in [6.45, 7) is 4.14. The number of hydrogen-bond donors (Lipinski definition) is 1. The first-order chi connectivity index (χ1) is 10.1. The third-order valence-electron chi connectivity index (χ3n) is 3.13. The zero-order chi connectivity index (χ0) is 15.2. The van der Waals surface area contributed by atoms with Gasteiger partial charge in [-0.25, -0.2) is 4.98 Å². The first-order valence-electron chi connectivity index (χ1n) is 6.84. The Morgan fingerprint density at radius 2 is 2.05 bits per heavy atom. The van der Waals surface area contributed by atoms with E-state index in [4.69, 9.17) is 5.11 Å². The number of rotatable bonds is 3. The van der Waals surface area contributed by atoms with Gasteiger partial charge in [-0.15, -0.1) is 0 Å². The van der Waals surface area contributed by atoms with Crippen LogP contribution < -0.4 is 5.56 Å². The minimum absolute atomic E-state index is 0.0512. The summed E-state index contributed by atoms with van der Waals surface area (Å²) in [5.74, 6) is 6.64. The summed E-state index contributed by atoms with van der Waals surface area (Å²) in [5, 5.41) is 8.79. The maximum Gasteiger partial charge on any atom is 0.254 e. The number of aromatic nitrogens is 2. The zero-order valence-electron chi connectivity index (χ0n) is 12.3. The summed E-state index contributed by atoms with van der Waals surface area (Å²) < 4.78 is 1.64. The molecule has 0 unspecified atom stereocenters. The van der Waals surface area contributed by atoms with Gasteiger partial charge in [-0.05, 0) is 25.5 Å². The van der Waals surface area contributed by atoms with Crippen LogP contribution >= 0.6 is 0 Å². The molecule has 0 aliphatic rings. The lowest BCUT2D eigenvalue weighted by Crippen LogP contribution is -2.24. The van der Waals surface area contributed by atoms with E-state index in [-0.39, 0.29) is 12.2 Å². The van der Waals surface area contributed by atoms with Gasteiger partial charge in [0.25, 0.3) is 5.56 Å². The molecule has 2 rings (SSSR count). The average Bonchev–Trinajstić information content (AvgIpc) is 2.44. The van der Waals surface area contributed by atoms with Gasteiger partial charge >= 0.3 is 0 Å². The van der Waals surface area contributed by atoms with Crippen molar-refractivity contribution in [3.05, 3.63) is 63.3 Å². The fourth-order valence-electron chi connectivity index (χ4n) is 2.12. The minimum Gasteiger partial charge on any atom is -0.395 e. The number of benzene rings is 1. The molecule has 2 aromatic rings. The third-order valence-corrected chi connectivity index (χ3v) is 3.13. The summed E-state index contributed by atoms with van der Waals surface area (Å²) in [6.07, 6.45) is 0.444. The van der Waals surface area contributed by atoms with Crippen molar-refractivity contribution in [3.63, 3.8) is 0 Å². The lowest BCUT2D eigenvalue weighted by atomic mass is 10.1. The monoisotopic (exact) mass is 282 g/mol. The summed E-state index contributed by atoms with van der Waals surface area (Å²) >= 11 is 0. The molecule has 0 bridgehead atoms. The molecule has 0 aliphatic carbocycles. The van der Waals surface area contributed by atoms with E-state index in [1.807, 2.05) is 38.1 Å². The molecule has 21 heavy (non-hydrogen) atoms. The third kappa shape index (κ3) is 3.80. The van der Waals surface area contributed by atoms with E-state index in [9.17, 15) is 4.79 Å². The normalized spacial score (nSPS) is 10.0. The van der Waals surface area contributed by atoms with Crippen LogP contribution in [0.4, 0.5) is 0 Å². The molecular formula is C17H18N2O2. The van der Waals surface area contributed by atoms with Gasteiger partial charge in [-0.3, -0.25) is 9.36 Å². The Labute approximate surface area is 124 Å². The van der Waals surface area contributed by atoms with Crippen LogP contribution in [0.1, 0.15) is 29.1 Å². The molecule has 0 radical (unpaired) electrons. The van der Waals surface area contributed by atoms with Crippen molar-refractivity contribution in [2.75, 3.05) is 6.61 Å². The standard InChI is InChI=1S/C17H18N2O2/c1-13-11-17(21)19(14(2)18-13)12-16-9-4-3-7-15(16)8-5-6-10-20/h3-4,7,9,11,20H,6,10,12H2,1-2H3.